The predicted molar refractivity (Wildman–Crippen MR) is 92.6 cm³/mol. The Morgan fingerprint density at radius 1 is 1.20 bits per heavy atom. The van der Waals surface area contributed by atoms with Crippen molar-refractivity contribution in [3.63, 3.8) is 0 Å². The van der Waals surface area contributed by atoms with Crippen LogP contribution in [0.1, 0.15) is 44.5 Å². The van der Waals surface area contributed by atoms with Gasteiger partial charge in [0.2, 0.25) is 11.7 Å². The van der Waals surface area contributed by atoms with E-state index in [4.69, 9.17) is 4.52 Å². The van der Waals surface area contributed by atoms with Crippen LogP contribution in [0.5, 0.6) is 0 Å². The van der Waals surface area contributed by atoms with Gasteiger partial charge < -0.3 is 9.09 Å². The summed E-state index contributed by atoms with van der Waals surface area (Å²) in [6, 6.07) is 7.85. The van der Waals surface area contributed by atoms with Gasteiger partial charge in [-0.05, 0) is 38.8 Å². The zero-order valence-corrected chi connectivity index (χ0v) is 14.0. The van der Waals surface area contributed by atoms with Crippen molar-refractivity contribution >= 4 is 16.6 Å². The molecular weight excluding hydrogens is 320 g/mol. The molecule has 1 aliphatic carbocycles. The molecule has 1 aliphatic rings. The highest BCUT2D eigenvalue weighted by Gasteiger charge is 2.30. The number of nitrogens with zero attached hydrogens (tertiary/aromatic N) is 5. The number of hydrogen-bond acceptors (Lipinski definition) is 5. The van der Waals surface area contributed by atoms with Gasteiger partial charge in [-0.3, -0.25) is 9.20 Å². The van der Waals surface area contributed by atoms with E-state index in [-0.39, 0.29) is 11.6 Å². The minimum Gasteiger partial charge on any atom is -0.339 e. The first-order valence-corrected chi connectivity index (χ1v) is 8.49. The second-order valence-electron chi connectivity index (χ2n) is 6.80. The Balaban J connectivity index is 1.85. The summed E-state index contributed by atoms with van der Waals surface area (Å²) in [6.45, 7) is 4.00. The number of aromatic nitrogens is 5. The first-order chi connectivity index (χ1) is 12.1. The molecule has 7 nitrogen and oxygen atoms in total. The topological polar surface area (TPSA) is 78.2 Å². The van der Waals surface area contributed by atoms with E-state index < -0.39 is 0 Å². The molecule has 7 heteroatoms. The Labute approximate surface area is 142 Å². The van der Waals surface area contributed by atoms with Crippen molar-refractivity contribution in [3.05, 3.63) is 46.8 Å². The quantitative estimate of drug-likeness (QED) is 0.574. The SMILES string of the molecule is CC(C)n1c2ccccc2n2cnc(-c3noc(C4CC4)n3)[13c]2[13c]1=O. The smallest absolute Gasteiger partial charge is 0.278 e. The van der Waals surface area contributed by atoms with E-state index in [1.54, 1.807) is 10.9 Å². The highest BCUT2D eigenvalue weighted by molar-refractivity contribution is 5.83. The molecule has 5 rings (SSSR count). The minimum absolute atomic E-state index is 0.0254. The van der Waals surface area contributed by atoms with Crippen LogP contribution >= 0.6 is 0 Å². The van der Waals surface area contributed by atoms with Crippen LogP contribution in [-0.2, 0) is 0 Å². The van der Waals surface area contributed by atoms with Crippen LogP contribution in [0.4, 0.5) is 0 Å². The van der Waals surface area contributed by atoms with Crippen LogP contribution in [0.2, 0.25) is 0 Å². The monoisotopic (exact) mass is 337 g/mol. The molecule has 0 atom stereocenters. The average molecular weight is 337 g/mol. The molecule has 0 amide bonds. The lowest BCUT2D eigenvalue weighted by molar-refractivity contribution is 0.380. The summed E-state index contributed by atoms with van der Waals surface area (Å²) in [7, 11) is 0. The highest BCUT2D eigenvalue weighted by Crippen LogP contribution is 2.39. The molecule has 0 aliphatic heterocycles. The molecule has 1 saturated carbocycles. The van der Waals surface area contributed by atoms with Crippen LogP contribution in [0.25, 0.3) is 28.1 Å². The van der Waals surface area contributed by atoms with Gasteiger partial charge >= 0.3 is 0 Å². The maximum atomic E-state index is 13.2. The number of fused-ring (bicyclic) bond motifs is 3. The van der Waals surface area contributed by atoms with E-state index in [9.17, 15) is 4.79 Å². The number of imidazole rings is 1. The number of benzene rings is 1. The molecule has 0 saturated heterocycles. The maximum Gasteiger partial charge on any atom is 0.278 e. The normalized spacial score (nSPS) is 14.8. The van der Waals surface area contributed by atoms with E-state index in [2.05, 4.69) is 15.1 Å². The fourth-order valence-corrected chi connectivity index (χ4v) is 3.33. The summed E-state index contributed by atoms with van der Waals surface area (Å²) in [5.74, 6) is 1.39. The first kappa shape index (κ1) is 14.4. The van der Waals surface area contributed by atoms with Crippen LogP contribution in [0.3, 0.4) is 0 Å². The van der Waals surface area contributed by atoms with Gasteiger partial charge in [0.1, 0.15) is 17.5 Å². The summed E-state index contributed by atoms with van der Waals surface area (Å²) < 4.78 is 8.96. The number of hydrogen-bond donors (Lipinski definition) is 0. The standard InChI is InChI=1S/C18H17N5O2/c1-10(2)23-13-6-4-3-5-12(13)22-9-19-14(15(22)18(23)24)16-20-17(25-21-16)11-7-8-11/h3-6,9-11H,7-8H2,1-2H3/i15+1,18+1. The van der Waals surface area contributed by atoms with E-state index in [0.717, 1.165) is 23.9 Å². The van der Waals surface area contributed by atoms with Crippen molar-refractivity contribution in [3.8, 4) is 11.5 Å². The van der Waals surface area contributed by atoms with Crippen molar-refractivity contribution in [1.82, 2.24) is 24.1 Å². The molecule has 0 bridgehead atoms. The highest BCUT2D eigenvalue weighted by atomic mass is 16.5. The average Bonchev–Trinajstić information content (AvgIpc) is 3.17. The van der Waals surface area contributed by atoms with Gasteiger partial charge in [0.05, 0.1) is 11.0 Å². The zero-order valence-electron chi connectivity index (χ0n) is 14.0. The minimum atomic E-state index is -0.0982. The molecule has 3 heterocycles. The van der Waals surface area contributed by atoms with Gasteiger partial charge in [-0.15, -0.1) is 0 Å². The third kappa shape index (κ3) is 2.05. The van der Waals surface area contributed by atoms with Crippen molar-refractivity contribution in [1.29, 1.82) is 0 Å². The van der Waals surface area contributed by atoms with Gasteiger partial charge in [-0.2, -0.15) is 4.98 Å². The third-order valence-corrected chi connectivity index (χ3v) is 4.69. The van der Waals surface area contributed by atoms with Gasteiger partial charge in [0, 0.05) is 12.0 Å². The molecule has 0 N–H and O–H groups in total. The Morgan fingerprint density at radius 2 is 1.96 bits per heavy atom. The summed E-state index contributed by atoms with van der Waals surface area (Å²) in [5.41, 5.74) is 2.66. The van der Waals surface area contributed by atoms with Gasteiger partial charge in [0.15, 0.2) is 0 Å². The Morgan fingerprint density at radius 3 is 2.68 bits per heavy atom. The molecular formula is C18H17N5O2. The van der Waals surface area contributed by atoms with Crippen molar-refractivity contribution < 1.29 is 4.52 Å². The second-order valence-corrected chi connectivity index (χ2v) is 6.80. The van der Waals surface area contributed by atoms with Crippen LogP contribution in [0.15, 0.2) is 39.9 Å². The largest absolute Gasteiger partial charge is 0.339 e. The summed E-state index contributed by atoms with van der Waals surface area (Å²) >= 11 is 0. The lowest BCUT2D eigenvalue weighted by Gasteiger charge is -2.15. The van der Waals surface area contributed by atoms with Gasteiger partial charge in [-0.1, -0.05) is 17.3 Å². The Hall–Kier alpha value is -2.96. The maximum absolute atomic E-state index is 13.2. The van der Waals surface area contributed by atoms with E-state index in [0.29, 0.717) is 28.8 Å². The summed E-state index contributed by atoms with van der Waals surface area (Å²) in [6.07, 6.45) is 3.82. The van der Waals surface area contributed by atoms with Crippen LogP contribution in [-0.4, -0.2) is 24.1 Å². The molecule has 1 fully saturated rings. The lowest BCUT2D eigenvalue weighted by Crippen LogP contribution is -2.24. The second kappa shape index (κ2) is 5.02. The molecule has 126 valence electrons. The fourth-order valence-electron chi connectivity index (χ4n) is 3.33. The van der Waals surface area contributed by atoms with Crippen molar-refractivity contribution in [2.24, 2.45) is 0 Å². The fraction of sp³-hybridized carbons (Fsp3) is 0.333. The number of rotatable bonds is 3. The lowest BCUT2D eigenvalue weighted by atomic mass is 10.3. The molecule has 4 aromatic rings. The molecule has 0 radical (unpaired) electrons. The van der Waals surface area contributed by atoms with E-state index in [1.165, 1.54) is 0 Å². The molecule has 0 spiro atoms. The van der Waals surface area contributed by atoms with Crippen LogP contribution in [0, 0.1) is 0 Å². The van der Waals surface area contributed by atoms with Gasteiger partial charge in [0.25, 0.3) is 5.56 Å². The van der Waals surface area contributed by atoms with E-state index in [1.807, 2.05) is 42.5 Å². The van der Waals surface area contributed by atoms with Crippen molar-refractivity contribution in [2.75, 3.05) is 0 Å². The molecule has 25 heavy (non-hydrogen) atoms. The first-order valence-electron chi connectivity index (χ1n) is 8.49. The van der Waals surface area contributed by atoms with Crippen molar-refractivity contribution in [2.45, 2.75) is 38.6 Å². The number of para-hydroxylation sites is 2. The molecule has 3 aromatic heterocycles. The summed E-state index contributed by atoms with van der Waals surface area (Å²) in [5, 5.41) is 4.06. The third-order valence-electron chi connectivity index (χ3n) is 4.69. The van der Waals surface area contributed by atoms with Gasteiger partial charge in [-0.25, -0.2) is 4.98 Å². The summed E-state index contributed by atoms with van der Waals surface area (Å²) in [4.78, 5) is 22.1. The van der Waals surface area contributed by atoms with E-state index >= 15 is 0 Å². The predicted octanol–water partition coefficient (Wildman–Crippen LogP) is 3.16. The van der Waals surface area contributed by atoms with Crippen LogP contribution < -0.4 is 5.56 Å². The zero-order chi connectivity index (χ0) is 17.1. The Bertz CT molecular complexity index is 1160. The Kier molecular flexibility index (Phi) is 2.89. The molecule has 1 aromatic carbocycles. The molecule has 0 unspecified atom stereocenters.